The molecule has 0 aliphatic rings. The van der Waals surface area contributed by atoms with E-state index in [0.717, 1.165) is 17.0 Å². The van der Waals surface area contributed by atoms with E-state index in [0.29, 0.717) is 16.8 Å². The number of rotatable bonds is 4. The average Bonchev–Trinajstić information content (AvgIpc) is 2.93. The molecular weight excluding hydrogens is 335 g/mol. The Morgan fingerprint density at radius 2 is 1.81 bits per heavy atom. The van der Waals surface area contributed by atoms with Crippen LogP contribution in [-0.4, -0.2) is 22.8 Å². The summed E-state index contributed by atoms with van der Waals surface area (Å²) in [6.07, 6.45) is -1.08. The Balaban J connectivity index is 1.89. The van der Waals surface area contributed by atoms with Gasteiger partial charge < -0.3 is 15.5 Å². The van der Waals surface area contributed by atoms with Gasteiger partial charge in [0.2, 0.25) is 5.78 Å². The average molecular weight is 354 g/mol. The Kier molecular flexibility index (Phi) is 4.50. The third-order valence-electron chi connectivity index (χ3n) is 4.41. The zero-order chi connectivity index (χ0) is 19.0. The standard InChI is InChI=1S/C20H19FN2O3/c1-10-8-9-14(21)17(18(10)22)20(25)26-12(3)19(24)16-11(2)23-15-7-5-4-6-13(15)16/h4-9,12,23H,22H2,1-3H3. The molecule has 134 valence electrons. The SMILES string of the molecule is Cc1ccc(F)c(C(=O)OC(C)C(=O)c2c(C)[nH]c3ccccc23)c1N. The van der Waals surface area contributed by atoms with Crippen molar-refractivity contribution in [1.29, 1.82) is 0 Å². The van der Waals surface area contributed by atoms with Gasteiger partial charge in [0.1, 0.15) is 11.4 Å². The Bertz CT molecular complexity index is 1020. The molecule has 26 heavy (non-hydrogen) atoms. The molecule has 0 amide bonds. The molecule has 0 saturated heterocycles. The molecule has 5 nitrogen and oxygen atoms in total. The number of para-hydroxylation sites is 1. The Labute approximate surface area is 150 Å². The van der Waals surface area contributed by atoms with Crippen molar-refractivity contribution in [2.24, 2.45) is 0 Å². The summed E-state index contributed by atoms with van der Waals surface area (Å²) in [6.45, 7) is 4.90. The number of fused-ring (bicyclic) bond motifs is 1. The summed E-state index contributed by atoms with van der Waals surface area (Å²) in [5, 5.41) is 0.749. The van der Waals surface area contributed by atoms with Gasteiger partial charge in [-0.1, -0.05) is 24.3 Å². The lowest BCUT2D eigenvalue weighted by molar-refractivity contribution is 0.0315. The molecule has 1 atom stereocenters. The quantitative estimate of drug-likeness (QED) is 0.422. The van der Waals surface area contributed by atoms with E-state index in [1.54, 1.807) is 13.8 Å². The number of benzene rings is 2. The topological polar surface area (TPSA) is 85.2 Å². The second-order valence-electron chi connectivity index (χ2n) is 6.24. The van der Waals surface area contributed by atoms with Crippen molar-refractivity contribution in [2.45, 2.75) is 26.9 Å². The number of nitrogen functional groups attached to an aromatic ring is 1. The lowest BCUT2D eigenvalue weighted by Crippen LogP contribution is -2.26. The number of halogens is 1. The van der Waals surface area contributed by atoms with Crippen LogP contribution in [0.5, 0.6) is 0 Å². The van der Waals surface area contributed by atoms with Crippen molar-refractivity contribution in [2.75, 3.05) is 5.73 Å². The normalized spacial score (nSPS) is 12.2. The minimum absolute atomic E-state index is 0.0120. The van der Waals surface area contributed by atoms with E-state index in [-0.39, 0.29) is 17.0 Å². The van der Waals surface area contributed by atoms with E-state index in [4.69, 9.17) is 10.5 Å². The Hall–Kier alpha value is -3.15. The number of aromatic amines is 1. The fraction of sp³-hybridized carbons (Fsp3) is 0.200. The van der Waals surface area contributed by atoms with Gasteiger partial charge in [-0.2, -0.15) is 0 Å². The number of nitrogens with two attached hydrogens (primary N) is 1. The number of ether oxygens (including phenoxy) is 1. The number of aromatic nitrogens is 1. The highest BCUT2D eigenvalue weighted by Crippen LogP contribution is 2.25. The van der Waals surface area contributed by atoms with Crippen molar-refractivity contribution in [1.82, 2.24) is 4.98 Å². The molecule has 3 rings (SSSR count). The summed E-state index contributed by atoms with van der Waals surface area (Å²) in [6, 6.07) is 9.99. The molecule has 1 unspecified atom stereocenters. The summed E-state index contributed by atoms with van der Waals surface area (Å²) >= 11 is 0. The third-order valence-corrected chi connectivity index (χ3v) is 4.41. The van der Waals surface area contributed by atoms with Gasteiger partial charge in [-0.25, -0.2) is 9.18 Å². The van der Waals surface area contributed by atoms with Crippen LogP contribution >= 0.6 is 0 Å². The number of ketones is 1. The number of esters is 1. The predicted molar refractivity (Wildman–Crippen MR) is 97.8 cm³/mol. The number of Topliss-reactive ketones (excluding diaryl/α,β-unsaturated/α-hetero) is 1. The van der Waals surface area contributed by atoms with E-state index in [2.05, 4.69) is 4.98 Å². The van der Waals surface area contributed by atoms with Gasteiger partial charge in [0.05, 0.1) is 5.69 Å². The van der Waals surface area contributed by atoms with E-state index >= 15 is 0 Å². The number of carbonyl (C=O) groups excluding carboxylic acids is 2. The second-order valence-corrected chi connectivity index (χ2v) is 6.24. The fourth-order valence-electron chi connectivity index (χ4n) is 2.97. The van der Waals surface area contributed by atoms with Gasteiger partial charge in [-0.15, -0.1) is 0 Å². The molecule has 0 bridgehead atoms. The fourth-order valence-corrected chi connectivity index (χ4v) is 2.97. The van der Waals surface area contributed by atoms with Crippen LogP contribution in [0.25, 0.3) is 10.9 Å². The number of nitrogens with one attached hydrogen (secondary N) is 1. The molecule has 0 radical (unpaired) electrons. The first-order chi connectivity index (χ1) is 12.3. The minimum Gasteiger partial charge on any atom is -0.451 e. The van der Waals surface area contributed by atoms with Crippen LogP contribution < -0.4 is 5.73 Å². The molecule has 1 heterocycles. The van der Waals surface area contributed by atoms with Gasteiger partial charge >= 0.3 is 5.97 Å². The molecule has 3 aromatic rings. The van der Waals surface area contributed by atoms with Crippen LogP contribution in [0.4, 0.5) is 10.1 Å². The highest BCUT2D eigenvalue weighted by Gasteiger charge is 2.27. The molecule has 0 aliphatic carbocycles. The first-order valence-corrected chi connectivity index (χ1v) is 8.18. The molecule has 1 aromatic heterocycles. The number of anilines is 1. The van der Waals surface area contributed by atoms with Crippen LogP contribution in [0, 0.1) is 19.7 Å². The van der Waals surface area contributed by atoms with Crippen molar-refractivity contribution >= 4 is 28.3 Å². The largest absolute Gasteiger partial charge is 0.451 e. The smallest absolute Gasteiger partial charge is 0.343 e. The maximum atomic E-state index is 14.0. The van der Waals surface area contributed by atoms with Gasteiger partial charge in [-0.3, -0.25) is 4.79 Å². The lowest BCUT2D eigenvalue weighted by atomic mass is 10.0. The zero-order valence-corrected chi connectivity index (χ0v) is 14.7. The van der Waals surface area contributed by atoms with Crippen molar-refractivity contribution in [3.05, 3.63) is 64.6 Å². The molecule has 0 spiro atoms. The van der Waals surface area contributed by atoms with Crippen molar-refractivity contribution in [3.63, 3.8) is 0 Å². The van der Waals surface area contributed by atoms with Crippen LogP contribution in [0.1, 0.15) is 38.9 Å². The maximum Gasteiger partial charge on any atom is 0.343 e. The van der Waals surface area contributed by atoms with Gasteiger partial charge in [-0.05, 0) is 38.5 Å². The third kappa shape index (κ3) is 2.94. The Morgan fingerprint density at radius 3 is 2.54 bits per heavy atom. The first kappa shape index (κ1) is 17.7. The van der Waals surface area contributed by atoms with Crippen LogP contribution in [-0.2, 0) is 4.74 Å². The number of hydrogen-bond acceptors (Lipinski definition) is 4. The molecular formula is C20H19FN2O3. The maximum absolute atomic E-state index is 14.0. The number of H-pyrrole nitrogens is 1. The van der Waals surface area contributed by atoms with E-state index in [9.17, 15) is 14.0 Å². The van der Waals surface area contributed by atoms with Crippen LogP contribution in [0.15, 0.2) is 36.4 Å². The molecule has 0 fully saturated rings. The highest BCUT2D eigenvalue weighted by atomic mass is 19.1. The van der Waals surface area contributed by atoms with Crippen LogP contribution in [0.3, 0.4) is 0 Å². The van der Waals surface area contributed by atoms with Gasteiger partial charge in [0.15, 0.2) is 6.10 Å². The van der Waals surface area contributed by atoms with Crippen LogP contribution in [0.2, 0.25) is 0 Å². The first-order valence-electron chi connectivity index (χ1n) is 8.18. The summed E-state index contributed by atoms with van der Waals surface area (Å²) in [4.78, 5) is 28.3. The molecule has 6 heteroatoms. The van der Waals surface area contributed by atoms with Gasteiger partial charge in [0.25, 0.3) is 0 Å². The number of hydrogen-bond donors (Lipinski definition) is 2. The summed E-state index contributed by atoms with van der Waals surface area (Å²) in [5.74, 6) is -2.09. The number of carbonyl (C=O) groups is 2. The highest BCUT2D eigenvalue weighted by molar-refractivity contribution is 6.12. The minimum atomic E-state index is -1.08. The monoisotopic (exact) mass is 354 g/mol. The molecule has 2 aromatic carbocycles. The summed E-state index contributed by atoms with van der Waals surface area (Å²) in [5.41, 5.74) is 7.98. The van der Waals surface area contributed by atoms with E-state index in [1.165, 1.54) is 13.0 Å². The van der Waals surface area contributed by atoms with E-state index < -0.39 is 17.9 Å². The Morgan fingerprint density at radius 1 is 1.12 bits per heavy atom. The van der Waals surface area contributed by atoms with E-state index in [1.807, 2.05) is 24.3 Å². The van der Waals surface area contributed by atoms with Crippen molar-refractivity contribution in [3.8, 4) is 0 Å². The zero-order valence-electron chi connectivity index (χ0n) is 14.7. The van der Waals surface area contributed by atoms with Gasteiger partial charge in [0, 0.05) is 22.2 Å². The lowest BCUT2D eigenvalue weighted by Gasteiger charge is -2.15. The number of aryl methyl sites for hydroxylation is 2. The molecule has 3 N–H and O–H groups in total. The molecule has 0 saturated carbocycles. The second kappa shape index (κ2) is 6.63. The summed E-state index contributed by atoms with van der Waals surface area (Å²) < 4.78 is 19.2. The predicted octanol–water partition coefficient (Wildman–Crippen LogP) is 3.93. The molecule has 0 aliphatic heterocycles. The van der Waals surface area contributed by atoms with Crippen molar-refractivity contribution < 1.29 is 18.7 Å². The summed E-state index contributed by atoms with van der Waals surface area (Å²) in [7, 11) is 0.